The van der Waals surface area contributed by atoms with E-state index < -0.39 is 0 Å². The summed E-state index contributed by atoms with van der Waals surface area (Å²) >= 11 is 6.81. The van der Waals surface area contributed by atoms with Gasteiger partial charge in [0.15, 0.2) is 0 Å². The molecule has 2 aromatic rings. The molecule has 0 aliphatic rings. The number of hydrogen-bond acceptors (Lipinski definition) is 2. The van der Waals surface area contributed by atoms with Crippen LogP contribution in [0.15, 0.2) is 39.5 Å². The molecule has 0 saturated carbocycles. The Morgan fingerprint density at radius 3 is 2.60 bits per heavy atom. The van der Waals surface area contributed by atoms with E-state index in [4.69, 9.17) is 5.73 Å². The molecule has 2 rings (SSSR count). The summed E-state index contributed by atoms with van der Waals surface area (Å²) in [6.45, 7) is 0.523. The van der Waals surface area contributed by atoms with Crippen molar-refractivity contribution in [2.45, 2.75) is 6.54 Å². The lowest BCUT2D eigenvalue weighted by atomic mass is 10.2. The van der Waals surface area contributed by atoms with Crippen molar-refractivity contribution in [1.29, 1.82) is 0 Å². The molecular formula is C10H9Br2N3. The van der Waals surface area contributed by atoms with Crippen LogP contribution in [0.4, 0.5) is 0 Å². The molecule has 1 aromatic heterocycles. The smallest absolute Gasteiger partial charge is 0.0660 e. The van der Waals surface area contributed by atoms with Crippen LogP contribution in [-0.2, 0) is 6.54 Å². The molecule has 0 bridgehead atoms. The van der Waals surface area contributed by atoms with E-state index in [0.717, 1.165) is 20.2 Å². The minimum Gasteiger partial charge on any atom is -0.326 e. The van der Waals surface area contributed by atoms with Gasteiger partial charge >= 0.3 is 0 Å². The third-order valence-corrected chi connectivity index (χ3v) is 2.86. The van der Waals surface area contributed by atoms with Gasteiger partial charge in [-0.2, -0.15) is 5.10 Å². The molecule has 0 unspecified atom stereocenters. The first kappa shape index (κ1) is 10.9. The molecule has 1 heterocycles. The van der Waals surface area contributed by atoms with Gasteiger partial charge in [0.05, 0.1) is 16.4 Å². The summed E-state index contributed by atoms with van der Waals surface area (Å²) in [5.74, 6) is 0. The standard InChI is InChI=1S/C10H9Br2N3/c11-8-1-7(4-13)2-10(3-8)15-6-9(12)5-14-15/h1-3,5-6H,4,13H2. The van der Waals surface area contributed by atoms with E-state index in [1.165, 1.54) is 0 Å². The van der Waals surface area contributed by atoms with Crippen molar-refractivity contribution < 1.29 is 0 Å². The number of benzene rings is 1. The topological polar surface area (TPSA) is 43.8 Å². The van der Waals surface area contributed by atoms with Gasteiger partial charge in [0.1, 0.15) is 0 Å². The van der Waals surface area contributed by atoms with Crippen molar-refractivity contribution in [2.75, 3.05) is 0 Å². The lowest BCUT2D eigenvalue weighted by molar-refractivity contribution is 0.875. The summed E-state index contributed by atoms with van der Waals surface area (Å²) in [4.78, 5) is 0. The molecule has 0 saturated heterocycles. The molecule has 0 atom stereocenters. The zero-order chi connectivity index (χ0) is 10.8. The highest BCUT2D eigenvalue weighted by atomic mass is 79.9. The fourth-order valence-electron chi connectivity index (χ4n) is 1.33. The van der Waals surface area contributed by atoms with Gasteiger partial charge in [-0.25, -0.2) is 4.68 Å². The first-order valence-electron chi connectivity index (χ1n) is 4.39. The molecule has 0 fully saturated rings. The second-order valence-electron chi connectivity index (χ2n) is 3.12. The fourth-order valence-corrected chi connectivity index (χ4v) is 2.14. The summed E-state index contributed by atoms with van der Waals surface area (Å²) < 4.78 is 3.76. The summed E-state index contributed by atoms with van der Waals surface area (Å²) in [6.07, 6.45) is 3.66. The second-order valence-corrected chi connectivity index (χ2v) is 4.96. The Bertz CT molecular complexity index is 479. The minimum atomic E-state index is 0.523. The molecule has 0 spiro atoms. The highest BCUT2D eigenvalue weighted by molar-refractivity contribution is 9.10. The maximum atomic E-state index is 5.61. The molecule has 0 radical (unpaired) electrons. The number of aromatic nitrogens is 2. The van der Waals surface area contributed by atoms with E-state index in [1.54, 1.807) is 10.9 Å². The zero-order valence-electron chi connectivity index (χ0n) is 7.82. The summed E-state index contributed by atoms with van der Waals surface area (Å²) in [5.41, 5.74) is 7.68. The van der Waals surface area contributed by atoms with Gasteiger partial charge < -0.3 is 5.73 Å². The van der Waals surface area contributed by atoms with Crippen molar-refractivity contribution in [3.05, 3.63) is 45.1 Å². The van der Waals surface area contributed by atoms with Crippen molar-refractivity contribution in [3.8, 4) is 5.69 Å². The van der Waals surface area contributed by atoms with Gasteiger partial charge in [-0.15, -0.1) is 0 Å². The Balaban J connectivity index is 2.48. The molecule has 15 heavy (non-hydrogen) atoms. The second kappa shape index (κ2) is 4.47. The number of rotatable bonds is 2. The maximum Gasteiger partial charge on any atom is 0.0660 e. The lowest BCUT2D eigenvalue weighted by Crippen LogP contribution is -2.00. The van der Waals surface area contributed by atoms with Crippen LogP contribution < -0.4 is 5.73 Å². The zero-order valence-corrected chi connectivity index (χ0v) is 11.0. The quantitative estimate of drug-likeness (QED) is 0.920. The number of halogens is 2. The van der Waals surface area contributed by atoms with Crippen LogP contribution in [-0.4, -0.2) is 9.78 Å². The molecule has 0 aliphatic carbocycles. The first-order valence-corrected chi connectivity index (χ1v) is 5.98. The number of nitrogens with zero attached hydrogens (tertiary/aromatic N) is 2. The highest BCUT2D eigenvalue weighted by Crippen LogP contribution is 2.19. The highest BCUT2D eigenvalue weighted by Gasteiger charge is 2.02. The van der Waals surface area contributed by atoms with Gasteiger partial charge in [0, 0.05) is 17.2 Å². The van der Waals surface area contributed by atoms with Crippen molar-refractivity contribution in [1.82, 2.24) is 9.78 Å². The van der Waals surface area contributed by atoms with Crippen molar-refractivity contribution >= 4 is 31.9 Å². The van der Waals surface area contributed by atoms with Crippen LogP contribution >= 0.6 is 31.9 Å². The normalized spacial score (nSPS) is 10.6. The lowest BCUT2D eigenvalue weighted by Gasteiger charge is -2.05. The largest absolute Gasteiger partial charge is 0.326 e. The monoisotopic (exact) mass is 329 g/mol. The fraction of sp³-hybridized carbons (Fsp3) is 0.100. The van der Waals surface area contributed by atoms with Gasteiger partial charge in [-0.1, -0.05) is 15.9 Å². The van der Waals surface area contributed by atoms with Crippen LogP contribution in [0.1, 0.15) is 5.56 Å². The molecule has 5 heteroatoms. The van der Waals surface area contributed by atoms with Crippen LogP contribution in [0.25, 0.3) is 5.69 Å². The average Bonchev–Trinajstić information content (AvgIpc) is 2.64. The Morgan fingerprint density at radius 1 is 1.20 bits per heavy atom. The Labute approximate surface area is 105 Å². The van der Waals surface area contributed by atoms with Crippen LogP contribution in [0.5, 0.6) is 0 Å². The summed E-state index contributed by atoms with van der Waals surface area (Å²) in [5, 5.41) is 4.21. The number of hydrogen-bond donors (Lipinski definition) is 1. The molecule has 0 amide bonds. The summed E-state index contributed by atoms with van der Waals surface area (Å²) in [6, 6.07) is 6.02. The predicted molar refractivity (Wildman–Crippen MR) is 66.9 cm³/mol. The average molecular weight is 331 g/mol. The van der Waals surface area contributed by atoms with E-state index in [2.05, 4.69) is 37.0 Å². The Morgan fingerprint density at radius 2 is 2.00 bits per heavy atom. The molecule has 0 aliphatic heterocycles. The first-order chi connectivity index (χ1) is 7.19. The van der Waals surface area contributed by atoms with Gasteiger partial charge in [0.2, 0.25) is 0 Å². The third-order valence-electron chi connectivity index (χ3n) is 1.99. The van der Waals surface area contributed by atoms with Crippen molar-refractivity contribution in [3.63, 3.8) is 0 Å². The van der Waals surface area contributed by atoms with Gasteiger partial charge in [-0.3, -0.25) is 0 Å². The summed E-state index contributed by atoms with van der Waals surface area (Å²) in [7, 11) is 0. The van der Waals surface area contributed by atoms with E-state index >= 15 is 0 Å². The van der Waals surface area contributed by atoms with Crippen LogP contribution in [0.3, 0.4) is 0 Å². The Kier molecular flexibility index (Phi) is 3.23. The van der Waals surface area contributed by atoms with Crippen molar-refractivity contribution in [2.24, 2.45) is 5.73 Å². The third kappa shape index (κ3) is 2.48. The minimum absolute atomic E-state index is 0.523. The number of nitrogens with two attached hydrogens (primary N) is 1. The van der Waals surface area contributed by atoms with E-state index in [9.17, 15) is 0 Å². The Hall–Kier alpha value is -0.650. The maximum absolute atomic E-state index is 5.61. The molecular weight excluding hydrogens is 322 g/mol. The molecule has 2 N–H and O–H groups in total. The van der Waals surface area contributed by atoms with E-state index in [-0.39, 0.29) is 0 Å². The predicted octanol–water partition coefficient (Wildman–Crippen LogP) is 2.86. The van der Waals surface area contributed by atoms with Crippen LogP contribution in [0, 0.1) is 0 Å². The van der Waals surface area contributed by atoms with Crippen LogP contribution in [0.2, 0.25) is 0 Å². The van der Waals surface area contributed by atoms with Gasteiger partial charge in [-0.05, 0) is 39.7 Å². The SMILES string of the molecule is NCc1cc(Br)cc(-n2cc(Br)cn2)c1. The molecule has 3 nitrogen and oxygen atoms in total. The molecule has 1 aromatic carbocycles. The van der Waals surface area contributed by atoms with E-state index in [1.807, 2.05) is 24.4 Å². The molecule has 78 valence electrons. The van der Waals surface area contributed by atoms with Gasteiger partial charge in [0.25, 0.3) is 0 Å². The van der Waals surface area contributed by atoms with E-state index in [0.29, 0.717) is 6.54 Å².